The number of halogens is 1. The lowest BCUT2D eigenvalue weighted by molar-refractivity contribution is 0.601. The molecule has 9 heteroatoms. The Morgan fingerprint density at radius 3 is 2.72 bits per heavy atom. The number of rotatable bonds is 3. The number of nitrogens with zero attached hydrogens (tertiary/aromatic N) is 2. The molecule has 2 rings (SSSR count). The van der Waals surface area contributed by atoms with Gasteiger partial charge in [0.1, 0.15) is 10.7 Å². The second-order valence-corrected chi connectivity index (χ2v) is 7.22. The number of nitrogens with two attached hydrogens (primary N) is 1. The van der Waals surface area contributed by atoms with Gasteiger partial charge in [-0.2, -0.15) is 0 Å². The van der Waals surface area contributed by atoms with Gasteiger partial charge in [0, 0.05) is 21.7 Å². The summed E-state index contributed by atoms with van der Waals surface area (Å²) in [7, 11) is -3.77. The van der Waals surface area contributed by atoms with Crippen LogP contribution < -0.4 is 10.5 Å². The first kappa shape index (κ1) is 13.2. The molecule has 0 saturated carbocycles. The van der Waals surface area contributed by atoms with Gasteiger partial charge in [-0.05, 0) is 28.9 Å². The van der Waals surface area contributed by atoms with Crippen LogP contribution >= 0.6 is 27.3 Å². The molecular weight excluding hydrogens is 340 g/mol. The Labute approximate surface area is 116 Å². The molecule has 3 N–H and O–H groups in total. The number of aryl methyl sites for hydroxylation is 1. The maximum Gasteiger partial charge on any atom is 0.267 e. The minimum Gasteiger partial charge on any atom is -0.383 e. The van der Waals surface area contributed by atoms with E-state index in [0.29, 0.717) is 9.60 Å². The van der Waals surface area contributed by atoms with E-state index in [4.69, 9.17) is 5.73 Å². The van der Waals surface area contributed by atoms with Crippen molar-refractivity contribution in [3.05, 3.63) is 27.8 Å². The third-order valence-electron chi connectivity index (χ3n) is 1.98. The molecular formula is C9H9BrN4O2S2. The Kier molecular flexibility index (Phi) is 3.55. The van der Waals surface area contributed by atoms with Gasteiger partial charge in [-0.15, -0.1) is 11.3 Å². The number of nitrogens with one attached hydrogen (secondary N) is 1. The van der Waals surface area contributed by atoms with E-state index in [1.165, 1.54) is 23.6 Å². The van der Waals surface area contributed by atoms with Crippen molar-refractivity contribution < 1.29 is 8.42 Å². The fourth-order valence-electron chi connectivity index (χ4n) is 1.22. The first-order chi connectivity index (χ1) is 8.38. The number of hydrogen-bond donors (Lipinski definition) is 2. The number of pyridine rings is 1. The van der Waals surface area contributed by atoms with Crippen LogP contribution in [0.2, 0.25) is 0 Å². The zero-order valence-electron chi connectivity index (χ0n) is 9.21. The SMILES string of the molecule is Cc1cnc(NS(=O)(=O)c2cc(Br)cnc2N)s1. The van der Waals surface area contributed by atoms with Crippen molar-refractivity contribution in [3.63, 3.8) is 0 Å². The van der Waals surface area contributed by atoms with Gasteiger partial charge < -0.3 is 5.73 Å². The second kappa shape index (κ2) is 4.82. The summed E-state index contributed by atoms with van der Waals surface area (Å²) < 4.78 is 27.1. The van der Waals surface area contributed by atoms with Gasteiger partial charge >= 0.3 is 0 Å². The van der Waals surface area contributed by atoms with Crippen LogP contribution in [0.1, 0.15) is 4.88 Å². The summed E-state index contributed by atoms with van der Waals surface area (Å²) in [6.45, 7) is 1.84. The highest BCUT2D eigenvalue weighted by molar-refractivity contribution is 9.10. The van der Waals surface area contributed by atoms with Crippen molar-refractivity contribution in [2.24, 2.45) is 0 Å². The van der Waals surface area contributed by atoms with E-state index in [1.807, 2.05) is 6.92 Å². The Morgan fingerprint density at radius 2 is 2.11 bits per heavy atom. The van der Waals surface area contributed by atoms with E-state index in [2.05, 4.69) is 30.6 Å². The van der Waals surface area contributed by atoms with Crippen LogP contribution in [0.5, 0.6) is 0 Å². The third-order valence-corrected chi connectivity index (χ3v) is 4.74. The minimum atomic E-state index is -3.77. The molecule has 0 atom stereocenters. The predicted octanol–water partition coefficient (Wildman–Crippen LogP) is 1.99. The predicted molar refractivity (Wildman–Crippen MR) is 74.0 cm³/mol. The quantitative estimate of drug-likeness (QED) is 0.883. The smallest absolute Gasteiger partial charge is 0.267 e. The van der Waals surface area contributed by atoms with Crippen molar-refractivity contribution in [2.45, 2.75) is 11.8 Å². The number of hydrogen-bond acceptors (Lipinski definition) is 6. The summed E-state index contributed by atoms with van der Waals surface area (Å²) in [4.78, 5) is 8.55. The van der Waals surface area contributed by atoms with Gasteiger partial charge in [0.25, 0.3) is 10.0 Å². The zero-order chi connectivity index (χ0) is 13.3. The highest BCUT2D eigenvalue weighted by atomic mass is 79.9. The molecule has 6 nitrogen and oxygen atoms in total. The van der Waals surface area contributed by atoms with E-state index in [1.54, 1.807) is 6.20 Å². The summed E-state index contributed by atoms with van der Waals surface area (Å²) >= 11 is 4.40. The number of nitrogen functional groups attached to an aromatic ring is 1. The van der Waals surface area contributed by atoms with Crippen molar-refractivity contribution in [2.75, 3.05) is 10.5 Å². The first-order valence-electron chi connectivity index (χ1n) is 4.75. The van der Waals surface area contributed by atoms with Gasteiger partial charge in [0.2, 0.25) is 0 Å². The van der Waals surface area contributed by atoms with E-state index >= 15 is 0 Å². The Morgan fingerprint density at radius 1 is 1.39 bits per heavy atom. The van der Waals surface area contributed by atoms with Crippen LogP contribution in [-0.4, -0.2) is 18.4 Å². The molecule has 0 amide bonds. The van der Waals surface area contributed by atoms with Crippen LogP contribution in [0.15, 0.2) is 27.8 Å². The molecule has 0 aliphatic heterocycles. The van der Waals surface area contributed by atoms with Crippen LogP contribution in [0, 0.1) is 6.92 Å². The van der Waals surface area contributed by atoms with E-state index in [0.717, 1.165) is 4.88 Å². The van der Waals surface area contributed by atoms with E-state index in [9.17, 15) is 8.42 Å². The molecule has 2 aromatic rings. The van der Waals surface area contributed by atoms with Crippen LogP contribution in [0.4, 0.5) is 10.9 Å². The maximum atomic E-state index is 12.1. The highest BCUT2D eigenvalue weighted by Crippen LogP contribution is 2.25. The standard InChI is InChI=1S/C9H9BrN4O2S2/c1-5-3-13-9(17-5)14-18(15,16)7-2-6(10)4-12-8(7)11/h2-4H,1H3,(H2,11,12)(H,13,14). The molecule has 0 radical (unpaired) electrons. The van der Waals surface area contributed by atoms with E-state index < -0.39 is 10.0 Å². The Balaban J connectivity index is 2.39. The lowest BCUT2D eigenvalue weighted by Gasteiger charge is -2.07. The monoisotopic (exact) mass is 348 g/mol. The summed E-state index contributed by atoms with van der Waals surface area (Å²) in [5.41, 5.74) is 5.57. The summed E-state index contributed by atoms with van der Waals surface area (Å²) in [6.07, 6.45) is 3.02. The molecule has 0 aliphatic rings. The molecule has 18 heavy (non-hydrogen) atoms. The van der Waals surface area contributed by atoms with Gasteiger partial charge in [-0.3, -0.25) is 4.72 Å². The number of sulfonamides is 1. The third kappa shape index (κ3) is 2.79. The zero-order valence-corrected chi connectivity index (χ0v) is 12.4. The van der Waals surface area contributed by atoms with Gasteiger partial charge in [-0.25, -0.2) is 18.4 Å². The molecule has 96 valence electrons. The molecule has 0 bridgehead atoms. The molecule has 0 fully saturated rings. The first-order valence-corrected chi connectivity index (χ1v) is 7.84. The molecule has 0 aromatic carbocycles. The molecule has 0 saturated heterocycles. The van der Waals surface area contributed by atoms with Crippen LogP contribution in [0.3, 0.4) is 0 Å². The minimum absolute atomic E-state index is 0.0565. The molecule has 2 aromatic heterocycles. The average Bonchev–Trinajstić information content (AvgIpc) is 2.66. The van der Waals surface area contributed by atoms with Crippen LogP contribution in [0.25, 0.3) is 0 Å². The average molecular weight is 349 g/mol. The Bertz CT molecular complexity index is 684. The fraction of sp³-hybridized carbons (Fsp3) is 0.111. The van der Waals surface area contributed by atoms with Crippen LogP contribution in [-0.2, 0) is 10.0 Å². The largest absolute Gasteiger partial charge is 0.383 e. The molecule has 0 unspecified atom stereocenters. The van der Waals surface area contributed by atoms with Crippen molar-refractivity contribution in [1.29, 1.82) is 0 Å². The molecule has 2 heterocycles. The highest BCUT2D eigenvalue weighted by Gasteiger charge is 2.20. The summed E-state index contributed by atoms with van der Waals surface area (Å²) in [6, 6.07) is 1.39. The van der Waals surface area contributed by atoms with Crippen molar-refractivity contribution >= 4 is 48.2 Å². The number of aromatic nitrogens is 2. The Hall–Kier alpha value is -1.19. The van der Waals surface area contributed by atoms with Gasteiger partial charge in [0.15, 0.2) is 5.13 Å². The normalized spacial score (nSPS) is 11.4. The van der Waals surface area contributed by atoms with E-state index in [-0.39, 0.29) is 10.7 Å². The van der Waals surface area contributed by atoms with Crippen molar-refractivity contribution in [1.82, 2.24) is 9.97 Å². The summed E-state index contributed by atoms with van der Waals surface area (Å²) in [5, 5.41) is 0.298. The van der Waals surface area contributed by atoms with Crippen molar-refractivity contribution in [3.8, 4) is 0 Å². The molecule has 0 spiro atoms. The summed E-state index contributed by atoms with van der Waals surface area (Å²) in [5.74, 6) is -0.0565. The fourth-order valence-corrected chi connectivity index (χ4v) is 3.72. The number of anilines is 2. The van der Waals surface area contributed by atoms with Gasteiger partial charge in [0.05, 0.1) is 0 Å². The molecule has 0 aliphatic carbocycles. The lowest BCUT2D eigenvalue weighted by atomic mass is 10.5. The maximum absolute atomic E-state index is 12.1. The number of thiazole rings is 1. The van der Waals surface area contributed by atoms with Gasteiger partial charge in [-0.1, -0.05) is 0 Å². The topological polar surface area (TPSA) is 98.0 Å². The lowest BCUT2D eigenvalue weighted by Crippen LogP contribution is -2.15. The second-order valence-electron chi connectivity index (χ2n) is 3.42.